The van der Waals surface area contributed by atoms with E-state index in [0.717, 1.165) is 0 Å². The molecular weight excluding hydrogens is 554 g/mol. The van der Waals surface area contributed by atoms with Gasteiger partial charge in [-0.15, -0.1) is 5.10 Å². The van der Waals surface area contributed by atoms with E-state index in [1.165, 1.54) is 66.0 Å². The third-order valence-corrected chi connectivity index (χ3v) is 5.74. The predicted octanol–water partition coefficient (Wildman–Crippen LogP) is 1.65. The fraction of sp³-hybridized carbons (Fsp3) is 0.115. The number of tetrazole rings is 1. The van der Waals surface area contributed by atoms with E-state index in [1.54, 1.807) is 18.2 Å². The van der Waals surface area contributed by atoms with Crippen molar-refractivity contribution in [2.75, 3.05) is 5.32 Å². The number of carboxylic acids is 1. The van der Waals surface area contributed by atoms with Crippen LogP contribution in [0.25, 0.3) is 11.8 Å². The quantitative estimate of drug-likeness (QED) is 0.191. The summed E-state index contributed by atoms with van der Waals surface area (Å²) >= 11 is 6.12. The number of aromatic nitrogens is 6. The Labute approximate surface area is 237 Å². The Bertz CT molecular complexity index is 1560. The SMILES string of the molecule is O=C(/C=C/c1cc(Cl)ccc1-n1cnnn1)N[C@@H](CC(=O)NCc1cnccn1)C(=O)Nc1ccc(C(=O)O)cc1. The summed E-state index contributed by atoms with van der Waals surface area (Å²) in [4.78, 5) is 57.7. The number of carboxylic acid groups (broad SMARTS) is 1. The average molecular weight is 576 g/mol. The molecule has 2 aromatic carbocycles. The summed E-state index contributed by atoms with van der Waals surface area (Å²) in [7, 11) is 0. The van der Waals surface area contributed by atoms with Crippen molar-refractivity contribution >= 4 is 47.1 Å². The largest absolute Gasteiger partial charge is 0.478 e. The fourth-order valence-corrected chi connectivity index (χ4v) is 3.71. The van der Waals surface area contributed by atoms with Crippen LogP contribution in [0.15, 0.2) is 73.5 Å². The lowest BCUT2D eigenvalue weighted by Crippen LogP contribution is -2.46. The molecule has 0 bridgehead atoms. The normalized spacial score (nSPS) is 11.5. The van der Waals surface area contributed by atoms with E-state index in [2.05, 4.69) is 41.4 Å². The molecule has 41 heavy (non-hydrogen) atoms. The zero-order chi connectivity index (χ0) is 29.2. The van der Waals surface area contributed by atoms with Crippen LogP contribution in [0.2, 0.25) is 5.02 Å². The fourth-order valence-electron chi connectivity index (χ4n) is 3.53. The molecule has 1 atom stereocenters. The Balaban J connectivity index is 1.48. The van der Waals surface area contributed by atoms with Crippen molar-refractivity contribution < 1.29 is 24.3 Å². The number of amides is 3. The number of nitrogens with one attached hydrogen (secondary N) is 3. The molecule has 3 amide bonds. The van der Waals surface area contributed by atoms with E-state index in [-0.39, 0.29) is 17.8 Å². The molecule has 0 saturated heterocycles. The van der Waals surface area contributed by atoms with Gasteiger partial charge in [-0.25, -0.2) is 4.79 Å². The van der Waals surface area contributed by atoms with Crippen LogP contribution in [-0.4, -0.2) is 65.0 Å². The highest BCUT2D eigenvalue weighted by molar-refractivity contribution is 6.30. The third kappa shape index (κ3) is 8.24. The molecule has 0 aliphatic carbocycles. The minimum atomic E-state index is -1.29. The van der Waals surface area contributed by atoms with E-state index in [1.807, 2.05) is 0 Å². The number of rotatable bonds is 11. The molecule has 15 heteroatoms. The number of halogens is 1. The van der Waals surface area contributed by atoms with E-state index in [4.69, 9.17) is 16.7 Å². The Kier molecular flexibility index (Phi) is 9.41. The van der Waals surface area contributed by atoms with E-state index >= 15 is 0 Å². The molecule has 0 spiro atoms. The van der Waals surface area contributed by atoms with Crippen LogP contribution in [0.4, 0.5) is 5.69 Å². The molecular formula is C26H22ClN9O5. The highest BCUT2D eigenvalue weighted by Crippen LogP contribution is 2.20. The lowest BCUT2D eigenvalue weighted by Gasteiger charge is -2.18. The highest BCUT2D eigenvalue weighted by Gasteiger charge is 2.24. The molecule has 208 valence electrons. The first-order valence-electron chi connectivity index (χ1n) is 12.0. The van der Waals surface area contributed by atoms with Gasteiger partial charge in [-0.05, 0) is 59.0 Å². The Morgan fingerprint density at radius 2 is 1.88 bits per heavy atom. The molecule has 0 radical (unpaired) electrons. The van der Waals surface area contributed by atoms with Crippen molar-refractivity contribution in [2.24, 2.45) is 0 Å². The zero-order valence-corrected chi connectivity index (χ0v) is 21.9. The summed E-state index contributed by atoms with van der Waals surface area (Å²) in [5, 5.41) is 28.3. The first-order chi connectivity index (χ1) is 19.8. The van der Waals surface area contributed by atoms with Crippen molar-refractivity contribution in [1.29, 1.82) is 0 Å². The topological polar surface area (TPSA) is 194 Å². The molecule has 0 aliphatic rings. The molecule has 14 nitrogen and oxygen atoms in total. The third-order valence-electron chi connectivity index (χ3n) is 5.50. The summed E-state index contributed by atoms with van der Waals surface area (Å²) in [5.74, 6) is -3.02. The molecule has 0 saturated carbocycles. The Hall–Kier alpha value is -5.50. The maximum atomic E-state index is 13.1. The second-order valence-corrected chi connectivity index (χ2v) is 8.84. The number of hydrogen-bond donors (Lipinski definition) is 4. The smallest absolute Gasteiger partial charge is 0.335 e. The minimum absolute atomic E-state index is 0.0310. The van der Waals surface area contributed by atoms with E-state index in [9.17, 15) is 19.2 Å². The second kappa shape index (κ2) is 13.5. The number of carbonyl (C=O) groups excluding carboxylic acids is 3. The summed E-state index contributed by atoms with van der Waals surface area (Å²) in [6, 6.07) is 9.05. The lowest BCUT2D eigenvalue weighted by molar-refractivity contribution is -0.128. The van der Waals surface area contributed by atoms with Crippen LogP contribution in [0.3, 0.4) is 0 Å². The van der Waals surface area contributed by atoms with Crippen molar-refractivity contribution in [1.82, 2.24) is 40.8 Å². The van der Waals surface area contributed by atoms with Gasteiger partial charge in [0, 0.05) is 34.7 Å². The van der Waals surface area contributed by atoms with Gasteiger partial charge in [0.05, 0.1) is 36.1 Å². The maximum absolute atomic E-state index is 13.1. The van der Waals surface area contributed by atoms with Crippen LogP contribution in [0.5, 0.6) is 0 Å². The van der Waals surface area contributed by atoms with Crippen molar-refractivity contribution in [3.63, 3.8) is 0 Å². The average Bonchev–Trinajstić information content (AvgIpc) is 3.50. The van der Waals surface area contributed by atoms with Gasteiger partial charge < -0.3 is 21.1 Å². The number of anilines is 1. The molecule has 4 rings (SSSR count). The summed E-state index contributed by atoms with van der Waals surface area (Å²) < 4.78 is 1.39. The molecule has 4 N–H and O–H groups in total. The monoisotopic (exact) mass is 575 g/mol. The summed E-state index contributed by atoms with van der Waals surface area (Å²) in [5.41, 5.74) is 1.88. The molecule has 2 aromatic heterocycles. The summed E-state index contributed by atoms with van der Waals surface area (Å²) in [6.07, 6.45) is 8.08. The van der Waals surface area contributed by atoms with Crippen LogP contribution in [-0.2, 0) is 20.9 Å². The first-order valence-corrected chi connectivity index (χ1v) is 12.3. The number of aromatic carboxylic acids is 1. The van der Waals surface area contributed by atoms with Gasteiger partial charge in [-0.3, -0.25) is 24.4 Å². The van der Waals surface area contributed by atoms with Crippen molar-refractivity contribution in [3.8, 4) is 5.69 Å². The number of nitrogens with zero attached hydrogens (tertiary/aromatic N) is 6. The van der Waals surface area contributed by atoms with Gasteiger partial charge in [-0.1, -0.05) is 11.6 Å². The van der Waals surface area contributed by atoms with Crippen LogP contribution in [0, 0.1) is 0 Å². The molecule has 0 fully saturated rings. The zero-order valence-electron chi connectivity index (χ0n) is 21.1. The van der Waals surface area contributed by atoms with E-state index < -0.39 is 36.2 Å². The molecule has 2 heterocycles. The predicted molar refractivity (Wildman–Crippen MR) is 146 cm³/mol. The second-order valence-electron chi connectivity index (χ2n) is 8.40. The van der Waals surface area contributed by atoms with Gasteiger partial charge in [0.15, 0.2) is 0 Å². The van der Waals surface area contributed by atoms with Gasteiger partial charge in [0.1, 0.15) is 12.4 Å². The van der Waals surface area contributed by atoms with Gasteiger partial charge >= 0.3 is 5.97 Å². The van der Waals surface area contributed by atoms with Crippen LogP contribution < -0.4 is 16.0 Å². The standard InChI is InChI=1S/C26H22ClN9O5/c27-18-4-7-22(36-15-31-34-35-36)17(11-18)3-8-23(37)33-21(12-24(38)30-14-20-13-28-9-10-29-20)25(39)32-19-5-1-16(2-6-19)26(40)41/h1-11,13,15,21H,12,14H2,(H,30,38)(H,32,39)(H,33,37)(H,40,41)/b8-3+/t21-/m0/s1. The van der Waals surface area contributed by atoms with Crippen molar-refractivity contribution in [2.45, 2.75) is 19.0 Å². The molecule has 0 aliphatic heterocycles. The number of hydrogen-bond acceptors (Lipinski definition) is 9. The van der Waals surface area contributed by atoms with Gasteiger partial charge in [0.2, 0.25) is 17.7 Å². The van der Waals surface area contributed by atoms with Crippen LogP contribution >= 0.6 is 11.6 Å². The van der Waals surface area contributed by atoms with Gasteiger partial charge in [-0.2, -0.15) is 4.68 Å². The maximum Gasteiger partial charge on any atom is 0.335 e. The number of benzene rings is 2. The van der Waals surface area contributed by atoms with E-state index in [0.29, 0.717) is 22.0 Å². The lowest BCUT2D eigenvalue weighted by atomic mass is 10.1. The highest BCUT2D eigenvalue weighted by atomic mass is 35.5. The Morgan fingerprint density at radius 1 is 1.07 bits per heavy atom. The molecule has 0 unspecified atom stereocenters. The van der Waals surface area contributed by atoms with Gasteiger partial charge in [0.25, 0.3) is 0 Å². The molecule has 4 aromatic rings. The number of carbonyl (C=O) groups is 4. The van der Waals surface area contributed by atoms with Crippen molar-refractivity contribution in [3.05, 3.63) is 95.3 Å². The Morgan fingerprint density at radius 3 is 2.56 bits per heavy atom. The minimum Gasteiger partial charge on any atom is -0.478 e. The first kappa shape index (κ1) is 28.5. The summed E-state index contributed by atoms with van der Waals surface area (Å²) in [6.45, 7) is 0.0696. The van der Waals surface area contributed by atoms with Crippen LogP contribution in [0.1, 0.15) is 28.0 Å².